The number of pyridine rings is 1. The van der Waals surface area contributed by atoms with E-state index in [4.69, 9.17) is 11.6 Å². The molecule has 0 amide bonds. The molecule has 0 bridgehead atoms. The number of para-hydroxylation sites is 1. The summed E-state index contributed by atoms with van der Waals surface area (Å²) in [5, 5.41) is 16.5. The molecule has 0 saturated heterocycles. The SMILES string of the molecule is Cc1ccc(Nc2ncnc(Sc3cccc4cccnc34)c2[N+](=O)[O-])cc1Cl. The Bertz CT molecular complexity index is 1230. The van der Waals surface area contributed by atoms with E-state index in [0.29, 0.717) is 10.7 Å². The Labute approximate surface area is 175 Å². The minimum absolute atomic E-state index is 0.0978. The highest BCUT2D eigenvalue weighted by Gasteiger charge is 2.24. The predicted octanol–water partition coefficient (Wildman–Crippen LogP) is 5.79. The fourth-order valence-electron chi connectivity index (χ4n) is 2.76. The highest BCUT2D eigenvalue weighted by molar-refractivity contribution is 7.99. The second-order valence-corrected chi connectivity index (χ2v) is 7.59. The van der Waals surface area contributed by atoms with Gasteiger partial charge in [-0.2, -0.15) is 0 Å². The van der Waals surface area contributed by atoms with Gasteiger partial charge in [0, 0.05) is 27.2 Å². The summed E-state index contributed by atoms with van der Waals surface area (Å²) in [6.07, 6.45) is 2.99. The second kappa shape index (κ2) is 8.02. The summed E-state index contributed by atoms with van der Waals surface area (Å²) in [7, 11) is 0. The van der Waals surface area contributed by atoms with Crippen molar-refractivity contribution in [2.75, 3.05) is 5.32 Å². The van der Waals surface area contributed by atoms with Crippen molar-refractivity contribution in [2.24, 2.45) is 0 Å². The molecule has 1 N–H and O–H groups in total. The van der Waals surface area contributed by atoms with E-state index in [9.17, 15) is 10.1 Å². The fraction of sp³-hybridized carbons (Fsp3) is 0.0500. The first-order valence-corrected chi connectivity index (χ1v) is 9.76. The zero-order valence-electron chi connectivity index (χ0n) is 15.2. The molecule has 7 nitrogen and oxygen atoms in total. The molecule has 9 heteroatoms. The van der Waals surface area contributed by atoms with Gasteiger partial charge in [0.25, 0.3) is 0 Å². The standard InChI is InChI=1S/C20H14ClN5O2S/c1-12-7-8-14(10-15(12)21)25-19-18(26(27)28)20(24-11-23-19)29-16-6-2-4-13-5-3-9-22-17(13)16/h2-11H,1H3,(H,23,24,25). The van der Waals surface area contributed by atoms with Gasteiger partial charge < -0.3 is 5.32 Å². The Morgan fingerprint density at radius 1 is 1.10 bits per heavy atom. The van der Waals surface area contributed by atoms with Crippen molar-refractivity contribution in [3.63, 3.8) is 0 Å². The van der Waals surface area contributed by atoms with Crippen molar-refractivity contribution in [1.29, 1.82) is 0 Å². The number of hydrogen-bond donors (Lipinski definition) is 1. The van der Waals surface area contributed by atoms with Gasteiger partial charge in [-0.1, -0.05) is 47.6 Å². The van der Waals surface area contributed by atoms with E-state index in [0.717, 1.165) is 21.4 Å². The van der Waals surface area contributed by atoms with Crippen LogP contribution in [0.2, 0.25) is 5.02 Å². The number of halogens is 1. The number of rotatable bonds is 5. The number of nitrogens with one attached hydrogen (secondary N) is 1. The van der Waals surface area contributed by atoms with Crippen LogP contribution in [0.3, 0.4) is 0 Å². The first kappa shape index (κ1) is 19.1. The van der Waals surface area contributed by atoms with Crippen molar-refractivity contribution < 1.29 is 4.92 Å². The van der Waals surface area contributed by atoms with Crippen LogP contribution in [0.25, 0.3) is 10.9 Å². The minimum atomic E-state index is -0.487. The zero-order chi connectivity index (χ0) is 20.4. The molecule has 4 rings (SSSR count). The molecule has 2 heterocycles. The lowest BCUT2D eigenvalue weighted by Gasteiger charge is -2.10. The zero-order valence-corrected chi connectivity index (χ0v) is 16.7. The average Bonchev–Trinajstić information content (AvgIpc) is 2.71. The van der Waals surface area contributed by atoms with E-state index in [1.165, 1.54) is 18.1 Å². The van der Waals surface area contributed by atoms with Crippen molar-refractivity contribution in [2.45, 2.75) is 16.8 Å². The van der Waals surface area contributed by atoms with E-state index in [-0.39, 0.29) is 16.5 Å². The van der Waals surface area contributed by atoms with Crippen LogP contribution in [-0.4, -0.2) is 19.9 Å². The van der Waals surface area contributed by atoms with Crippen LogP contribution in [0.4, 0.5) is 17.2 Å². The van der Waals surface area contributed by atoms with E-state index < -0.39 is 4.92 Å². The molecule has 0 spiro atoms. The first-order chi connectivity index (χ1) is 14.0. The minimum Gasteiger partial charge on any atom is -0.334 e. The molecule has 0 fully saturated rings. The summed E-state index contributed by atoms with van der Waals surface area (Å²) in [5.41, 5.74) is 2.06. The molecule has 2 aromatic heterocycles. The largest absolute Gasteiger partial charge is 0.343 e. The maximum atomic E-state index is 11.8. The normalized spacial score (nSPS) is 10.8. The lowest BCUT2D eigenvalue weighted by Crippen LogP contribution is -2.03. The quantitative estimate of drug-likeness (QED) is 0.246. The van der Waals surface area contributed by atoms with E-state index in [1.807, 2.05) is 43.3 Å². The summed E-state index contributed by atoms with van der Waals surface area (Å²) in [6, 6.07) is 14.8. The van der Waals surface area contributed by atoms with Gasteiger partial charge in [0.1, 0.15) is 6.33 Å². The monoisotopic (exact) mass is 423 g/mol. The molecule has 0 radical (unpaired) electrons. The number of fused-ring (bicyclic) bond motifs is 1. The van der Waals surface area contributed by atoms with Gasteiger partial charge in [0.15, 0.2) is 5.03 Å². The third-order valence-corrected chi connectivity index (χ3v) is 5.66. The Morgan fingerprint density at radius 2 is 1.93 bits per heavy atom. The number of hydrogen-bond acceptors (Lipinski definition) is 7. The number of aryl methyl sites for hydroxylation is 1. The number of aromatic nitrogens is 3. The number of nitrogens with zero attached hydrogens (tertiary/aromatic N) is 4. The van der Waals surface area contributed by atoms with Crippen LogP contribution in [0.1, 0.15) is 5.56 Å². The third-order valence-electron chi connectivity index (χ3n) is 4.21. The molecule has 0 aliphatic carbocycles. The smallest absolute Gasteiger partial charge is 0.334 e. The molecule has 0 saturated carbocycles. The summed E-state index contributed by atoms with van der Waals surface area (Å²) in [6.45, 7) is 1.88. The molecule has 2 aromatic carbocycles. The Kier molecular flexibility index (Phi) is 5.28. The third kappa shape index (κ3) is 3.98. The molecule has 29 heavy (non-hydrogen) atoms. The molecule has 144 valence electrons. The van der Waals surface area contributed by atoms with Crippen molar-refractivity contribution >= 4 is 51.5 Å². The average molecular weight is 424 g/mol. The van der Waals surface area contributed by atoms with Crippen LogP contribution >= 0.6 is 23.4 Å². The number of anilines is 2. The van der Waals surface area contributed by atoms with Crippen LogP contribution in [0.5, 0.6) is 0 Å². The Hall–Kier alpha value is -3.23. The summed E-state index contributed by atoms with van der Waals surface area (Å²) < 4.78 is 0. The summed E-state index contributed by atoms with van der Waals surface area (Å²) >= 11 is 7.34. The van der Waals surface area contributed by atoms with E-state index in [1.54, 1.807) is 18.3 Å². The highest BCUT2D eigenvalue weighted by Crippen LogP contribution is 2.39. The predicted molar refractivity (Wildman–Crippen MR) is 114 cm³/mol. The van der Waals surface area contributed by atoms with Gasteiger partial charge in [-0.05, 0) is 36.8 Å². The molecule has 0 unspecified atom stereocenters. The molecular weight excluding hydrogens is 410 g/mol. The molecule has 0 atom stereocenters. The van der Waals surface area contributed by atoms with Crippen molar-refractivity contribution in [3.05, 3.63) is 81.8 Å². The van der Waals surface area contributed by atoms with Gasteiger partial charge in [0.2, 0.25) is 5.82 Å². The summed E-state index contributed by atoms with van der Waals surface area (Å²) in [4.78, 5) is 24.7. The van der Waals surface area contributed by atoms with Gasteiger partial charge in [0.05, 0.1) is 10.4 Å². The number of nitro groups is 1. The fourth-order valence-corrected chi connectivity index (χ4v) is 3.93. The Morgan fingerprint density at radius 3 is 2.72 bits per heavy atom. The van der Waals surface area contributed by atoms with E-state index in [2.05, 4.69) is 20.3 Å². The van der Waals surface area contributed by atoms with Gasteiger partial charge in [-0.25, -0.2) is 9.97 Å². The van der Waals surface area contributed by atoms with Crippen LogP contribution in [0, 0.1) is 17.0 Å². The van der Waals surface area contributed by atoms with Crippen LogP contribution in [0.15, 0.2) is 71.0 Å². The van der Waals surface area contributed by atoms with Gasteiger partial charge in [-0.15, -0.1) is 0 Å². The van der Waals surface area contributed by atoms with Crippen LogP contribution in [-0.2, 0) is 0 Å². The Balaban J connectivity index is 1.75. The molecule has 0 aliphatic heterocycles. The van der Waals surface area contributed by atoms with Gasteiger partial charge >= 0.3 is 5.69 Å². The molecule has 0 aliphatic rings. The van der Waals surface area contributed by atoms with Crippen molar-refractivity contribution in [3.8, 4) is 0 Å². The van der Waals surface area contributed by atoms with Crippen molar-refractivity contribution in [1.82, 2.24) is 15.0 Å². The maximum absolute atomic E-state index is 11.8. The molecule has 4 aromatic rings. The number of benzene rings is 2. The van der Waals surface area contributed by atoms with E-state index >= 15 is 0 Å². The van der Waals surface area contributed by atoms with Crippen LogP contribution < -0.4 is 5.32 Å². The lowest BCUT2D eigenvalue weighted by molar-refractivity contribution is -0.387. The highest BCUT2D eigenvalue weighted by atomic mass is 35.5. The van der Waals surface area contributed by atoms with Gasteiger partial charge in [-0.3, -0.25) is 15.1 Å². The topological polar surface area (TPSA) is 93.8 Å². The summed E-state index contributed by atoms with van der Waals surface area (Å²) in [5.74, 6) is 0.0978. The lowest BCUT2D eigenvalue weighted by atomic mass is 10.2. The first-order valence-electron chi connectivity index (χ1n) is 8.57. The maximum Gasteiger partial charge on any atom is 0.343 e. The molecular formula is C20H14ClN5O2S. The second-order valence-electron chi connectivity index (χ2n) is 6.16.